The van der Waals surface area contributed by atoms with Crippen LogP contribution in [0, 0.1) is 5.92 Å². The van der Waals surface area contributed by atoms with Crippen LogP contribution in [0.2, 0.25) is 0 Å². The monoisotopic (exact) mass is 510 g/mol. The van der Waals surface area contributed by atoms with Crippen LogP contribution in [0.4, 0.5) is 11.5 Å². The maximum absolute atomic E-state index is 11.7. The molecule has 2 unspecified atom stereocenters. The molecule has 0 spiro atoms. The minimum atomic E-state index is -5.05. The van der Waals surface area contributed by atoms with Crippen molar-refractivity contribution in [3.05, 3.63) is 36.2 Å². The first-order valence-corrected chi connectivity index (χ1v) is 13.6. The van der Waals surface area contributed by atoms with Crippen LogP contribution in [0.15, 0.2) is 30.6 Å². The van der Waals surface area contributed by atoms with Crippen molar-refractivity contribution in [3.63, 3.8) is 0 Å². The van der Waals surface area contributed by atoms with Crippen molar-refractivity contribution in [2.75, 3.05) is 25.0 Å². The van der Waals surface area contributed by atoms with Gasteiger partial charge in [0.1, 0.15) is 8.46 Å². The summed E-state index contributed by atoms with van der Waals surface area (Å²) >= 11 is 0. The highest BCUT2D eigenvalue weighted by atomic mass is 31.2. The fourth-order valence-corrected chi connectivity index (χ4v) is 5.15. The van der Waals surface area contributed by atoms with Gasteiger partial charge in [-0.05, 0) is 50.9 Å². The summed E-state index contributed by atoms with van der Waals surface area (Å²) in [7, 11) is -7.23. The van der Waals surface area contributed by atoms with Gasteiger partial charge in [0.25, 0.3) is 0 Å². The molecular weight excluding hydrogens is 482 g/mol. The van der Waals surface area contributed by atoms with Gasteiger partial charge in [-0.1, -0.05) is 12.1 Å². The van der Waals surface area contributed by atoms with Gasteiger partial charge in [0.2, 0.25) is 5.08 Å². The van der Waals surface area contributed by atoms with E-state index < -0.39 is 21.1 Å². The van der Waals surface area contributed by atoms with Crippen molar-refractivity contribution in [2.24, 2.45) is 5.92 Å². The van der Waals surface area contributed by atoms with Crippen LogP contribution in [-0.4, -0.2) is 54.1 Å². The van der Waals surface area contributed by atoms with E-state index in [9.17, 15) is 24.0 Å². The predicted molar refractivity (Wildman–Crippen MR) is 128 cm³/mol. The normalized spacial score (nSPS) is 17.3. The Kier molecular flexibility index (Phi) is 7.37. The van der Waals surface area contributed by atoms with E-state index in [-0.39, 0.29) is 11.6 Å². The maximum Gasteiger partial charge on any atom is 0.368 e. The highest BCUT2D eigenvalue weighted by Crippen LogP contribution is 2.61. The molecule has 3 aromatic rings. The molecule has 1 fully saturated rings. The lowest BCUT2D eigenvalue weighted by Gasteiger charge is -2.24. The van der Waals surface area contributed by atoms with E-state index in [1.165, 1.54) is 24.3 Å². The third-order valence-corrected chi connectivity index (χ3v) is 9.01. The molecule has 0 radical (unpaired) electrons. The third-order valence-electron chi connectivity index (χ3n) is 5.87. The Morgan fingerprint density at radius 3 is 2.59 bits per heavy atom. The second-order valence-corrected chi connectivity index (χ2v) is 11.5. The molecule has 1 aromatic carbocycles. The Morgan fingerprint density at radius 2 is 1.97 bits per heavy atom. The molecule has 34 heavy (non-hydrogen) atoms. The quantitative estimate of drug-likeness (QED) is 0.267. The highest BCUT2D eigenvalue weighted by molar-refractivity contribution is 7.62. The number of imidazole rings is 1. The number of aliphatic hydroxyl groups is 1. The van der Waals surface area contributed by atoms with Crippen molar-refractivity contribution in [1.82, 2.24) is 24.8 Å². The van der Waals surface area contributed by atoms with E-state index in [2.05, 4.69) is 25.6 Å². The fourth-order valence-electron chi connectivity index (χ4n) is 3.79. The van der Waals surface area contributed by atoms with Crippen LogP contribution in [0.1, 0.15) is 25.3 Å². The van der Waals surface area contributed by atoms with Gasteiger partial charge in [-0.3, -0.25) is 4.57 Å². The molecular formula is C20H28N6O6P2. The minimum absolute atomic E-state index is 0.134. The van der Waals surface area contributed by atoms with Crippen molar-refractivity contribution in [3.8, 4) is 6.01 Å². The average Bonchev–Trinajstić information content (AvgIpc) is 3.26. The van der Waals surface area contributed by atoms with Crippen LogP contribution >= 0.6 is 16.1 Å². The van der Waals surface area contributed by atoms with Crippen molar-refractivity contribution in [1.29, 1.82) is 0 Å². The van der Waals surface area contributed by atoms with Crippen LogP contribution in [0.3, 0.4) is 0 Å². The Labute approximate surface area is 197 Å². The summed E-state index contributed by atoms with van der Waals surface area (Å²) in [4.78, 5) is 32.3. The molecule has 1 aliphatic rings. The maximum atomic E-state index is 11.7. The second-order valence-electron chi connectivity index (χ2n) is 8.15. The summed E-state index contributed by atoms with van der Waals surface area (Å²) in [5, 5.41) is 14.0. The number of nitrogens with one attached hydrogen (secondary N) is 2. The number of piperidine rings is 1. The summed E-state index contributed by atoms with van der Waals surface area (Å²) in [6.07, 6.45) is 3.72. The molecule has 14 heteroatoms. The first-order valence-electron chi connectivity index (χ1n) is 10.9. The van der Waals surface area contributed by atoms with Gasteiger partial charge in [0.15, 0.2) is 17.0 Å². The number of fused-ring (bicyclic) bond motifs is 1. The molecule has 0 saturated carbocycles. The molecule has 2 aromatic heterocycles. The van der Waals surface area contributed by atoms with E-state index in [0.717, 1.165) is 25.9 Å². The molecule has 3 heterocycles. The van der Waals surface area contributed by atoms with Crippen molar-refractivity contribution >= 4 is 38.7 Å². The number of benzene rings is 1. The number of aromatic nitrogens is 4. The Balaban J connectivity index is 1.61. The summed E-state index contributed by atoms with van der Waals surface area (Å²) in [6, 6.07) is 5.86. The van der Waals surface area contributed by atoms with Gasteiger partial charge in [-0.15, -0.1) is 0 Å². The first-order chi connectivity index (χ1) is 16.2. The molecule has 4 rings (SSSR count). The molecule has 0 bridgehead atoms. The first kappa shape index (κ1) is 24.8. The molecule has 1 aliphatic heterocycles. The Morgan fingerprint density at radius 1 is 1.26 bits per heavy atom. The zero-order valence-electron chi connectivity index (χ0n) is 18.6. The van der Waals surface area contributed by atoms with E-state index in [1.807, 2.05) is 11.5 Å². The minimum Gasteiger partial charge on any atom is -0.463 e. The van der Waals surface area contributed by atoms with E-state index in [1.54, 1.807) is 6.33 Å². The smallest absolute Gasteiger partial charge is 0.368 e. The van der Waals surface area contributed by atoms with E-state index in [4.69, 9.17) is 4.74 Å². The molecule has 12 nitrogen and oxygen atoms in total. The third kappa shape index (κ3) is 5.02. The van der Waals surface area contributed by atoms with Gasteiger partial charge >= 0.3 is 13.6 Å². The van der Waals surface area contributed by atoms with E-state index >= 15 is 0 Å². The summed E-state index contributed by atoms with van der Waals surface area (Å²) < 4.78 is 30.9. The largest absolute Gasteiger partial charge is 0.463 e. The molecule has 2 atom stereocenters. The molecule has 0 aliphatic carbocycles. The zero-order valence-corrected chi connectivity index (χ0v) is 20.6. The number of nitrogens with zero attached hydrogens (tertiary/aromatic N) is 4. The zero-order chi connectivity index (χ0) is 24.3. The highest BCUT2D eigenvalue weighted by Gasteiger charge is 2.46. The number of anilines is 2. The van der Waals surface area contributed by atoms with Crippen molar-refractivity contribution < 1.29 is 28.8 Å². The number of hydrogen-bond acceptors (Lipinski definition) is 9. The number of hydrogen-bond donors (Lipinski definition) is 5. The van der Waals surface area contributed by atoms with Crippen LogP contribution < -0.4 is 15.4 Å². The average molecular weight is 510 g/mol. The molecule has 1 saturated heterocycles. The van der Waals surface area contributed by atoms with Gasteiger partial charge in [-0.25, -0.2) is 4.98 Å². The number of ether oxygens (including phenoxy) is 1. The number of rotatable bonds is 9. The Bertz CT molecular complexity index is 1210. The molecule has 0 amide bonds. The lowest BCUT2D eigenvalue weighted by Crippen LogP contribution is -2.30. The van der Waals surface area contributed by atoms with Gasteiger partial charge in [0, 0.05) is 17.8 Å². The van der Waals surface area contributed by atoms with E-state index in [0.29, 0.717) is 41.7 Å². The van der Waals surface area contributed by atoms with Gasteiger partial charge < -0.3 is 39.4 Å². The predicted octanol–water partition coefficient (Wildman–Crippen LogP) is 2.00. The van der Waals surface area contributed by atoms with Crippen molar-refractivity contribution in [2.45, 2.75) is 31.4 Å². The van der Waals surface area contributed by atoms with Gasteiger partial charge in [-0.2, -0.15) is 9.97 Å². The SMILES string of the molecule is CCn1cnc2c(Nc3ccc(C(O)([PH2]=O)P(=O)(O)O)cc3)nc(OCC3CCNCC3)nc21. The lowest BCUT2D eigenvalue weighted by molar-refractivity contribution is 0.168. The lowest BCUT2D eigenvalue weighted by atomic mass is 9.99. The molecule has 184 valence electrons. The topological polar surface area (TPSA) is 172 Å². The molecule has 5 N–H and O–H groups in total. The van der Waals surface area contributed by atoms with Gasteiger partial charge in [0.05, 0.1) is 12.9 Å². The summed E-state index contributed by atoms with van der Waals surface area (Å²) in [5.74, 6) is 0.835. The second kappa shape index (κ2) is 10.1. The fraction of sp³-hybridized carbons (Fsp3) is 0.450. The summed E-state index contributed by atoms with van der Waals surface area (Å²) in [5.41, 5.74) is 1.54. The standard InChI is InChI=1S/C20H28N6O6P2/c1-2-26-12-22-16-17(24-19(25-18(16)26)32-11-13-7-9-21-10-8-13)23-15-5-3-14(4-6-15)20(27,33-28)34(29,30)31/h3-6,12-13,21,27H,2,7-11,33H2,1H3,(H,23,24,25)(H2,29,30,31). The van der Waals surface area contributed by atoms with Crippen LogP contribution in [0.5, 0.6) is 6.01 Å². The van der Waals surface area contributed by atoms with Crippen LogP contribution in [0.25, 0.3) is 11.2 Å². The number of aryl methyl sites for hydroxylation is 1. The summed E-state index contributed by atoms with van der Waals surface area (Å²) in [6.45, 7) is 5.08. The Hall–Kier alpha value is -2.33. The van der Waals surface area contributed by atoms with Crippen LogP contribution in [-0.2, 0) is 20.8 Å².